The van der Waals surface area contributed by atoms with E-state index in [1.54, 1.807) is 20.0 Å². The van der Waals surface area contributed by atoms with Crippen LogP contribution in [0.4, 0.5) is 4.79 Å². The van der Waals surface area contributed by atoms with E-state index in [0.29, 0.717) is 0 Å². The lowest BCUT2D eigenvalue weighted by atomic mass is 10.1. The number of carbonyl (C=O) groups excluding carboxylic acids is 3. The maximum Gasteiger partial charge on any atom is 0.408 e. The van der Waals surface area contributed by atoms with Gasteiger partial charge in [-0.15, -0.1) is 0 Å². The molecular weight excluding hydrogens is 312 g/mol. The van der Waals surface area contributed by atoms with Gasteiger partial charge < -0.3 is 19.8 Å². The first-order valence-electron chi connectivity index (χ1n) is 8.05. The molecule has 0 aliphatic carbocycles. The van der Waals surface area contributed by atoms with Crippen molar-refractivity contribution in [3.05, 3.63) is 36.0 Å². The van der Waals surface area contributed by atoms with Gasteiger partial charge in [-0.3, -0.25) is 4.79 Å². The number of amides is 1. The van der Waals surface area contributed by atoms with Gasteiger partial charge in [-0.25, -0.2) is 9.59 Å². The number of benzene rings is 1. The fraction of sp³-hybridized carbons (Fsp3) is 0.353. The van der Waals surface area contributed by atoms with Gasteiger partial charge in [0.15, 0.2) is 0 Å². The Kier molecular flexibility index (Phi) is 4.79. The molecule has 2 aromatic rings. The quantitative estimate of drug-likeness (QED) is 0.497. The maximum absolute atomic E-state index is 12.0. The summed E-state index contributed by atoms with van der Waals surface area (Å²) in [5, 5.41) is 3.30. The molecule has 2 rings (SSSR count). The topological polar surface area (TPSA) is 97.5 Å². The number of aromatic nitrogens is 1. The zero-order valence-corrected chi connectivity index (χ0v) is 13.5. The zero-order valence-electron chi connectivity index (χ0n) is 14.5. The summed E-state index contributed by atoms with van der Waals surface area (Å²) < 4.78 is 16.8. The molecular formula is C17H20N2O5. The molecule has 1 amide bonds. The Morgan fingerprint density at radius 3 is 2.88 bits per heavy atom. The van der Waals surface area contributed by atoms with Crippen LogP contribution in [0.2, 0.25) is 0 Å². The van der Waals surface area contributed by atoms with Crippen LogP contribution in [0.1, 0.15) is 27.7 Å². The summed E-state index contributed by atoms with van der Waals surface area (Å²) in [4.78, 5) is 37.6. The minimum absolute atomic E-state index is 0.0192. The monoisotopic (exact) mass is 333 g/mol. The van der Waals surface area contributed by atoms with Crippen LogP contribution in [0.5, 0.6) is 0 Å². The molecule has 1 aromatic heterocycles. The lowest BCUT2D eigenvalue weighted by Gasteiger charge is -2.22. The second-order valence-electron chi connectivity index (χ2n) is 5.94. The molecule has 2 N–H and O–H groups in total. The van der Waals surface area contributed by atoms with Crippen LogP contribution in [-0.4, -0.2) is 35.2 Å². The number of ether oxygens (including phenoxy) is 2. The van der Waals surface area contributed by atoms with E-state index in [0.717, 1.165) is 16.5 Å². The Bertz CT molecular complexity index is 771. The lowest BCUT2D eigenvalue weighted by molar-refractivity contribution is -0.153. The summed E-state index contributed by atoms with van der Waals surface area (Å²) in [5.41, 5.74) is 0.672. The molecule has 0 bridgehead atoms. The standard InChI is InChI=1S/C17H20N2O5/c1-17(2,3)24-16(22)19-14(15(21)23-10-20)8-11-9-18-13-7-5-4-6-12(11)13/h4-7,9-10,14,18H,8H2,1-3H3,(H,19,22)/t14-/m0/s1/i1D. The van der Waals surface area contributed by atoms with E-state index in [9.17, 15) is 14.4 Å². The van der Waals surface area contributed by atoms with Crippen LogP contribution in [-0.2, 0) is 25.5 Å². The summed E-state index contributed by atoms with van der Waals surface area (Å²) in [6.07, 6.45) is 0.990. The van der Waals surface area contributed by atoms with Crippen molar-refractivity contribution in [3.8, 4) is 0 Å². The van der Waals surface area contributed by atoms with Crippen LogP contribution in [0, 0.1) is 0 Å². The second kappa shape index (κ2) is 7.16. The Morgan fingerprint density at radius 1 is 1.42 bits per heavy atom. The Morgan fingerprint density at radius 2 is 2.17 bits per heavy atom. The van der Waals surface area contributed by atoms with Crippen LogP contribution in [0.3, 0.4) is 0 Å². The van der Waals surface area contributed by atoms with Gasteiger partial charge in [0.2, 0.25) is 0 Å². The molecule has 7 nitrogen and oxygen atoms in total. The first-order valence-corrected chi connectivity index (χ1v) is 7.34. The predicted octanol–water partition coefficient (Wildman–Crippen LogP) is 2.30. The van der Waals surface area contributed by atoms with Crippen LogP contribution < -0.4 is 5.32 Å². The number of hydrogen-bond donors (Lipinski definition) is 2. The van der Waals surface area contributed by atoms with Gasteiger partial charge in [-0.2, -0.15) is 0 Å². The molecule has 1 atom stereocenters. The van der Waals surface area contributed by atoms with E-state index in [2.05, 4.69) is 15.0 Å². The highest BCUT2D eigenvalue weighted by atomic mass is 16.6. The van der Waals surface area contributed by atoms with Gasteiger partial charge in [-0.05, 0) is 32.4 Å². The molecule has 1 aromatic carbocycles. The molecule has 0 saturated carbocycles. The van der Waals surface area contributed by atoms with Gasteiger partial charge >= 0.3 is 18.5 Å². The third-order valence-electron chi connectivity index (χ3n) is 3.21. The SMILES string of the molecule is [2H]CC(C)(C)OC(=O)N[C@@H](Cc1c[nH]c2ccccc12)C(=O)OC=O. The molecule has 0 fully saturated rings. The largest absolute Gasteiger partial charge is 0.444 e. The summed E-state index contributed by atoms with van der Waals surface area (Å²) >= 11 is 0. The van der Waals surface area contributed by atoms with Crippen molar-refractivity contribution in [2.24, 2.45) is 0 Å². The zero-order chi connectivity index (χ0) is 18.4. The van der Waals surface area contributed by atoms with E-state index in [1.165, 1.54) is 0 Å². The number of aromatic amines is 1. The minimum Gasteiger partial charge on any atom is -0.444 e. The number of rotatable bonds is 5. The number of H-pyrrole nitrogens is 1. The van der Waals surface area contributed by atoms with Crippen molar-refractivity contribution in [3.63, 3.8) is 0 Å². The fourth-order valence-corrected chi connectivity index (χ4v) is 2.27. The predicted molar refractivity (Wildman–Crippen MR) is 87.3 cm³/mol. The van der Waals surface area contributed by atoms with Crippen molar-refractivity contribution in [2.45, 2.75) is 38.8 Å². The van der Waals surface area contributed by atoms with E-state index in [-0.39, 0.29) is 19.8 Å². The number of esters is 1. The third-order valence-corrected chi connectivity index (χ3v) is 3.21. The third kappa shape index (κ3) is 4.58. The van der Waals surface area contributed by atoms with Crippen molar-refractivity contribution < 1.29 is 25.2 Å². The van der Waals surface area contributed by atoms with E-state index in [4.69, 9.17) is 6.11 Å². The summed E-state index contributed by atoms with van der Waals surface area (Å²) in [6.45, 7) is 3.05. The van der Waals surface area contributed by atoms with E-state index < -0.39 is 23.7 Å². The minimum atomic E-state index is -1.10. The molecule has 0 aliphatic heterocycles. The van der Waals surface area contributed by atoms with Crippen molar-refractivity contribution in [1.82, 2.24) is 10.3 Å². The number of para-hydroxylation sites is 1. The average molecular weight is 333 g/mol. The highest BCUT2D eigenvalue weighted by molar-refractivity contribution is 5.87. The number of fused-ring (bicyclic) bond motifs is 1. The average Bonchev–Trinajstić information content (AvgIpc) is 2.97. The molecule has 1 heterocycles. The summed E-state index contributed by atoms with van der Waals surface area (Å²) in [6, 6.07) is 6.40. The van der Waals surface area contributed by atoms with E-state index >= 15 is 0 Å². The van der Waals surface area contributed by atoms with Crippen LogP contribution in [0.25, 0.3) is 10.9 Å². The summed E-state index contributed by atoms with van der Waals surface area (Å²) in [7, 11) is 0. The van der Waals surface area contributed by atoms with Gasteiger partial charge in [-0.1, -0.05) is 18.2 Å². The maximum atomic E-state index is 12.0. The van der Waals surface area contributed by atoms with Crippen LogP contribution in [0.15, 0.2) is 30.5 Å². The molecule has 24 heavy (non-hydrogen) atoms. The first-order chi connectivity index (χ1) is 11.9. The Labute approximate surface area is 140 Å². The molecule has 128 valence electrons. The fourth-order valence-electron chi connectivity index (χ4n) is 2.27. The highest BCUT2D eigenvalue weighted by Gasteiger charge is 2.26. The highest BCUT2D eigenvalue weighted by Crippen LogP contribution is 2.19. The molecule has 7 heteroatoms. The number of alkyl carbamates (subject to hydrolysis) is 1. The Hall–Kier alpha value is -2.83. The molecule has 0 saturated heterocycles. The number of nitrogens with one attached hydrogen (secondary N) is 2. The molecule has 0 unspecified atom stereocenters. The van der Waals surface area contributed by atoms with Gasteiger partial charge in [0, 0.05) is 24.9 Å². The second-order valence-corrected chi connectivity index (χ2v) is 5.94. The number of hydrogen-bond acceptors (Lipinski definition) is 5. The van der Waals surface area contributed by atoms with Gasteiger partial charge in [0.25, 0.3) is 0 Å². The molecule has 0 spiro atoms. The van der Waals surface area contributed by atoms with Crippen molar-refractivity contribution >= 4 is 29.4 Å². The first kappa shape index (κ1) is 16.0. The van der Waals surface area contributed by atoms with Crippen molar-refractivity contribution in [2.75, 3.05) is 0 Å². The normalized spacial score (nSPS) is 13.0. The molecule has 0 radical (unpaired) electrons. The summed E-state index contributed by atoms with van der Waals surface area (Å²) in [5.74, 6) is -0.888. The Balaban J connectivity index is 2.17. The van der Waals surface area contributed by atoms with Crippen LogP contribution >= 0.6 is 0 Å². The van der Waals surface area contributed by atoms with Gasteiger partial charge in [0.1, 0.15) is 11.6 Å². The van der Waals surface area contributed by atoms with Crippen molar-refractivity contribution in [1.29, 1.82) is 0 Å². The van der Waals surface area contributed by atoms with Gasteiger partial charge in [0.05, 0.1) is 0 Å². The lowest BCUT2D eigenvalue weighted by Crippen LogP contribution is -2.45. The smallest absolute Gasteiger partial charge is 0.408 e. The van der Waals surface area contributed by atoms with E-state index in [1.807, 2.05) is 24.3 Å². The number of carbonyl (C=O) groups is 3. The molecule has 0 aliphatic rings.